The summed E-state index contributed by atoms with van der Waals surface area (Å²) < 4.78 is 0. The standard InChI is InChI=1S/C17H23N3O2S/c1-2-3-4-5-6-7-8-11-23-13-9-10-14-15(12-13)19-16(18-14)20-17(21)22/h4-5,9-10,12H,2-3,6-8,11H2,1H3,(H,21,22)(H2,18,19,20)/b5-4+. The van der Waals surface area contributed by atoms with Crippen LogP contribution in [0.5, 0.6) is 0 Å². The number of thioether (sulfide) groups is 1. The number of hydrogen-bond acceptors (Lipinski definition) is 3. The lowest BCUT2D eigenvalue weighted by Crippen LogP contribution is -2.08. The van der Waals surface area contributed by atoms with Crippen molar-refractivity contribution in [3.05, 3.63) is 30.4 Å². The minimum Gasteiger partial charge on any atom is -0.465 e. The number of anilines is 1. The number of benzene rings is 1. The molecule has 0 unspecified atom stereocenters. The second-order valence-corrected chi connectivity index (χ2v) is 6.47. The number of imidazole rings is 1. The maximum absolute atomic E-state index is 10.6. The summed E-state index contributed by atoms with van der Waals surface area (Å²) in [6.45, 7) is 2.19. The zero-order valence-electron chi connectivity index (χ0n) is 13.3. The molecule has 0 aliphatic heterocycles. The Labute approximate surface area is 140 Å². The Balaban J connectivity index is 1.78. The van der Waals surface area contributed by atoms with Crippen LogP contribution in [0, 0.1) is 0 Å². The SMILES string of the molecule is CCC/C=C/CCCCSc1ccc2nc(NC(=O)O)[nH]c2c1. The highest BCUT2D eigenvalue weighted by atomic mass is 32.2. The van der Waals surface area contributed by atoms with Crippen LogP contribution in [0.4, 0.5) is 10.7 Å². The fourth-order valence-corrected chi connectivity index (χ4v) is 3.15. The lowest BCUT2D eigenvalue weighted by molar-refractivity contribution is 0.209. The van der Waals surface area contributed by atoms with Gasteiger partial charge in [-0.15, -0.1) is 11.8 Å². The molecule has 0 saturated heterocycles. The van der Waals surface area contributed by atoms with E-state index in [0.29, 0.717) is 0 Å². The molecule has 0 saturated carbocycles. The van der Waals surface area contributed by atoms with E-state index in [1.807, 2.05) is 30.0 Å². The monoisotopic (exact) mass is 333 g/mol. The number of unbranched alkanes of at least 4 members (excludes halogenated alkanes) is 3. The van der Waals surface area contributed by atoms with Gasteiger partial charge in [0.2, 0.25) is 5.95 Å². The Morgan fingerprint density at radius 1 is 1.35 bits per heavy atom. The van der Waals surface area contributed by atoms with Gasteiger partial charge < -0.3 is 10.1 Å². The van der Waals surface area contributed by atoms with E-state index in [4.69, 9.17) is 5.11 Å². The van der Waals surface area contributed by atoms with Crippen molar-refractivity contribution < 1.29 is 9.90 Å². The molecule has 1 amide bonds. The highest BCUT2D eigenvalue weighted by Crippen LogP contribution is 2.24. The Hall–Kier alpha value is -1.95. The number of nitrogens with one attached hydrogen (secondary N) is 2. The maximum Gasteiger partial charge on any atom is 0.411 e. The molecule has 0 aliphatic carbocycles. The summed E-state index contributed by atoms with van der Waals surface area (Å²) in [5.41, 5.74) is 1.61. The molecule has 0 spiro atoms. The fraction of sp³-hybridized carbons (Fsp3) is 0.412. The van der Waals surface area contributed by atoms with Crippen molar-refractivity contribution >= 4 is 34.8 Å². The van der Waals surface area contributed by atoms with Crippen molar-refractivity contribution in [1.82, 2.24) is 9.97 Å². The number of fused-ring (bicyclic) bond motifs is 1. The van der Waals surface area contributed by atoms with Crippen LogP contribution in [0.1, 0.15) is 39.0 Å². The molecule has 3 N–H and O–H groups in total. The molecule has 2 aromatic rings. The number of aromatic amines is 1. The van der Waals surface area contributed by atoms with Crippen molar-refractivity contribution in [2.75, 3.05) is 11.1 Å². The number of rotatable bonds is 9. The summed E-state index contributed by atoms with van der Waals surface area (Å²) in [6.07, 6.45) is 9.38. The van der Waals surface area contributed by atoms with E-state index >= 15 is 0 Å². The minimum absolute atomic E-state index is 0.258. The molecule has 0 aliphatic rings. The van der Waals surface area contributed by atoms with Gasteiger partial charge in [-0.3, -0.25) is 5.32 Å². The average molecular weight is 333 g/mol. The minimum atomic E-state index is -1.12. The molecule has 2 rings (SSSR count). The topological polar surface area (TPSA) is 78.0 Å². The summed E-state index contributed by atoms with van der Waals surface area (Å²) in [4.78, 5) is 18.9. The van der Waals surface area contributed by atoms with E-state index in [2.05, 4.69) is 34.4 Å². The van der Waals surface area contributed by atoms with E-state index in [0.717, 1.165) is 23.2 Å². The van der Waals surface area contributed by atoms with Gasteiger partial charge in [0.05, 0.1) is 11.0 Å². The molecule has 1 aromatic heterocycles. The Morgan fingerprint density at radius 3 is 2.96 bits per heavy atom. The summed E-state index contributed by atoms with van der Waals surface area (Å²) >= 11 is 1.82. The van der Waals surface area contributed by atoms with Crippen molar-refractivity contribution in [2.24, 2.45) is 0 Å². The predicted octanol–water partition coefficient (Wildman–Crippen LogP) is 5.27. The first-order valence-corrected chi connectivity index (χ1v) is 8.95. The largest absolute Gasteiger partial charge is 0.465 e. The van der Waals surface area contributed by atoms with Crippen molar-refractivity contribution in [2.45, 2.75) is 43.9 Å². The molecule has 6 heteroatoms. The Kier molecular flexibility index (Phi) is 7.00. The van der Waals surface area contributed by atoms with Crippen LogP contribution < -0.4 is 5.32 Å². The summed E-state index contributed by atoms with van der Waals surface area (Å²) in [5.74, 6) is 1.34. The molecule has 1 aromatic carbocycles. The van der Waals surface area contributed by atoms with Gasteiger partial charge in [0.25, 0.3) is 0 Å². The van der Waals surface area contributed by atoms with E-state index < -0.39 is 6.09 Å². The smallest absolute Gasteiger partial charge is 0.411 e. The highest BCUT2D eigenvalue weighted by Gasteiger charge is 2.06. The average Bonchev–Trinajstić information content (AvgIpc) is 2.90. The molecule has 0 radical (unpaired) electrons. The molecule has 23 heavy (non-hydrogen) atoms. The summed E-state index contributed by atoms with van der Waals surface area (Å²) in [6, 6.07) is 5.95. The third kappa shape index (κ3) is 5.98. The third-order valence-corrected chi connectivity index (χ3v) is 4.41. The number of aromatic nitrogens is 2. The molecule has 124 valence electrons. The zero-order chi connectivity index (χ0) is 16.5. The normalized spacial score (nSPS) is 11.3. The van der Waals surface area contributed by atoms with Crippen LogP contribution in [0.15, 0.2) is 35.2 Å². The fourth-order valence-electron chi connectivity index (χ4n) is 2.20. The van der Waals surface area contributed by atoms with Gasteiger partial charge in [0, 0.05) is 4.90 Å². The number of carboxylic acid groups (broad SMARTS) is 1. The summed E-state index contributed by atoms with van der Waals surface area (Å²) in [7, 11) is 0. The third-order valence-electron chi connectivity index (χ3n) is 3.33. The Morgan fingerprint density at radius 2 is 2.17 bits per heavy atom. The van der Waals surface area contributed by atoms with E-state index in [1.54, 1.807) is 0 Å². The van der Waals surface area contributed by atoms with Crippen molar-refractivity contribution in [3.63, 3.8) is 0 Å². The van der Waals surface area contributed by atoms with Gasteiger partial charge in [-0.2, -0.15) is 0 Å². The van der Waals surface area contributed by atoms with Crippen LogP contribution in [0.2, 0.25) is 0 Å². The van der Waals surface area contributed by atoms with Gasteiger partial charge in [0.1, 0.15) is 0 Å². The second kappa shape index (κ2) is 9.25. The number of nitrogens with zero attached hydrogens (tertiary/aromatic N) is 1. The molecule has 0 bridgehead atoms. The lowest BCUT2D eigenvalue weighted by Gasteiger charge is -2.01. The quantitative estimate of drug-likeness (QED) is 0.332. The molecule has 5 nitrogen and oxygen atoms in total. The first-order valence-electron chi connectivity index (χ1n) is 7.96. The zero-order valence-corrected chi connectivity index (χ0v) is 14.2. The van der Waals surface area contributed by atoms with Crippen LogP contribution in [0.25, 0.3) is 11.0 Å². The van der Waals surface area contributed by atoms with E-state index in [-0.39, 0.29) is 5.95 Å². The van der Waals surface area contributed by atoms with Gasteiger partial charge >= 0.3 is 6.09 Å². The van der Waals surface area contributed by atoms with Gasteiger partial charge in [-0.05, 0) is 49.6 Å². The highest BCUT2D eigenvalue weighted by molar-refractivity contribution is 7.99. The van der Waals surface area contributed by atoms with Gasteiger partial charge in [-0.1, -0.05) is 25.5 Å². The first-order chi connectivity index (χ1) is 11.2. The van der Waals surface area contributed by atoms with Crippen LogP contribution in [-0.4, -0.2) is 26.9 Å². The van der Waals surface area contributed by atoms with Gasteiger partial charge in [0.15, 0.2) is 0 Å². The van der Waals surface area contributed by atoms with Crippen LogP contribution in [0.3, 0.4) is 0 Å². The molecular formula is C17H23N3O2S. The Bertz CT molecular complexity index is 667. The van der Waals surface area contributed by atoms with E-state index in [9.17, 15) is 4.79 Å². The van der Waals surface area contributed by atoms with Gasteiger partial charge in [-0.25, -0.2) is 9.78 Å². The molecule has 0 atom stereocenters. The van der Waals surface area contributed by atoms with Crippen molar-refractivity contribution in [3.8, 4) is 0 Å². The number of amides is 1. The number of hydrogen-bond donors (Lipinski definition) is 3. The first kappa shape index (κ1) is 17.4. The maximum atomic E-state index is 10.6. The second-order valence-electron chi connectivity index (χ2n) is 5.30. The molecule has 1 heterocycles. The molecular weight excluding hydrogens is 310 g/mol. The van der Waals surface area contributed by atoms with Crippen LogP contribution in [-0.2, 0) is 0 Å². The number of H-pyrrole nitrogens is 1. The molecule has 0 fully saturated rings. The summed E-state index contributed by atoms with van der Waals surface area (Å²) in [5, 5.41) is 10.9. The lowest BCUT2D eigenvalue weighted by atomic mass is 10.2. The predicted molar refractivity (Wildman–Crippen MR) is 96.4 cm³/mol. The van der Waals surface area contributed by atoms with Crippen LogP contribution >= 0.6 is 11.8 Å². The number of carbonyl (C=O) groups is 1. The van der Waals surface area contributed by atoms with Crippen molar-refractivity contribution in [1.29, 1.82) is 0 Å². The van der Waals surface area contributed by atoms with E-state index in [1.165, 1.54) is 30.6 Å². The number of allylic oxidation sites excluding steroid dienone is 2.